The normalized spacial score (nSPS) is 22.1. The van der Waals surface area contributed by atoms with E-state index < -0.39 is 0 Å². The van der Waals surface area contributed by atoms with Gasteiger partial charge >= 0.3 is 0 Å². The van der Waals surface area contributed by atoms with Crippen LogP contribution in [0.25, 0.3) is 0 Å². The smallest absolute Gasteiger partial charge is 0.235 e. The van der Waals surface area contributed by atoms with Crippen LogP contribution in [0.15, 0.2) is 12.4 Å². The predicted molar refractivity (Wildman–Crippen MR) is 85.4 cm³/mol. The minimum Gasteiger partial charge on any atom is -0.480 e. The molecule has 23 heavy (non-hydrogen) atoms. The van der Waals surface area contributed by atoms with E-state index in [9.17, 15) is 4.79 Å². The molecule has 3 rings (SSSR count). The van der Waals surface area contributed by atoms with Gasteiger partial charge in [0.25, 0.3) is 0 Å². The molecule has 6 heteroatoms. The molecule has 1 atom stereocenters. The largest absolute Gasteiger partial charge is 0.480 e. The van der Waals surface area contributed by atoms with E-state index in [0.717, 1.165) is 13.0 Å². The van der Waals surface area contributed by atoms with Gasteiger partial charge in [0.05, 0.1) is 26.0 Å². The molecule has 0 radical (unpaired) electrons. The van der Waals surface area contributed by atoms with Crippen LogP contribution in [0.5, 0.6) is 11.8 Å². The summed E-state index contributed by atoms with van der Waals surface area (Å²) in [6.07, 6.45) is 10.9. The Hall–Kier alpha value is -1.85. The van der Waals surface area contributed by atoms with Crippen LogP contribution in [-0.4, -0.2) is 47.1 Å². The van der Waals surface area contributed by atoms with Crippen molar-refractivity contribution in [3.8, 4) is 11.8 Å². The van der Waals surface area contributed by atoms with Crippen molar-refractivity contribution in [1.82, 2.24) is 14.9 Å². The predicted octanol–water partition coefficient (Wildman–Crippen LogP) is 2.44. The molecule has 0 N–H and O–H groups in total. The number of ether oxygens (including phenoxy) is 2. The van der Waals surface area contributed by atoms with E-state index in [0.29, 0.717) is 30.6 Å². The van der Waals surface area contributed by atoms with Gasteiger partial charge in [-0.05, 0) is 18.8 Å². The van der Waals surface area contributed by atoms with Crippen molar-refractivity contribution >= 4 is 5.91 Å². The average molecular weight is 319 g/mol. The van der Waals surface area contributed by atoms with Crippen molar-refractivity contribution in [3.05, 3.63) is 12.4 Å². The Kier molecular flexibility index (Phi) is 5.31. The van der Waals surface area contributed by atoms with Crippen LogP contribution in [0.3, 0.4) is 0 Å². The number of rotatable bonds is 5. The molecule has 2 fully saturated rings. The van der Waals surface area contributed by atoms with Crippen molar-refractivity contribution in [1.29, 1.82) is 0 Å². The van der Waals surface area contributed by atoms with Crippen LogP contribution in [0.1, 0.15) is 44.9 Å². The Labute approximate surface area is 137 Å². The third-order valence-corrected chi connectivity index (χ3v) is 4.77. The monoisotopic (exact) mass is 319 g/mol. The minimum atomic E-state index is -0.00767. The molecule has 1 aromatic heterocycles. The molecule has 1 aromatic rings. The Morgan fingerprint density at radius 2 is 2.00 bits per heavy atom. The summed E-state index contributed by atoms with van der Waals surface area (Å²) in [6.45, 7) is 1.41. The van der Waals surface area contributed by atoms with E-state index in [1.807, 2.05) is 4.90 Å². The maximum absolute atomic E-state index is 12.4. The standard InChI is InChI=1S/C17H25N3O3/c1-22-15-10-18-11-16(19-15)23-14-7-8-20(12-14)17(21)9-13-5-3-2-4-6-13/h10-11,13-14H,2-9,12H2,1H3. The van der Waals surface area contributed by atoms with Gasteiger partial charge in [0.1, 0.15) is 6.10 Å². The molecule has 1 aliphatic carbocycles. The van der Waals surface area contributed by atoms with Gasteiger partial charge in [-0.3, -0.25) is 9.78 Å². The summed E-state index contributed by atoms with van der Waals surface area (Å²) in [5.74, 6) is 1.75. The minimum absolute atomic E-state index is 0.00767. The number of hydrogen-bond donors (Lipinski definition) is 0. The van der Waals surface area contributed by atoms with Crippen LogP contribution in [0, 0.1) is 5.92 Å². The lowest BCUT2D eigenvalue weighted by Gasteiger charge is -2.24. The number of nitrogens with zero attached hydrogens (tertiary/aromatic N) is 3. The summed E-state index contributed by atoms with van der Waals surface area (Å²) in [5.41, 5.74) is 0. The molecule has 126 valence electrons. The van der Waals surface area contributed by atoms with Gasteiger partial charge in [-0.15, -0.1) is 0 Å². The molecule has 1 unspecified atom stereocenters. The Morgan fingerprint density at radius 1 is 1.22 bits per heavy atom. The van der Waals surface area contributed by atoms with E-state index in [2.05, 4.69) is 9.97 Å². The van der Waals surface area contributed by atoms with Gasteiger partial charge in [0.2, 0.25) is 17.7 Å². The molecule has 1 aliphatic heterocycles. The first-order valence-corrected chi connectivity index (χ1v) is 8.55. The van der Waals surface area contributed by atoms with Crippen LogP contribution in [0.4, 0.5) is 0 Å². The lowest BCUT2D eigenvalue weighted by atomic mass is 9.87. The molecule has 2 aliphatic rings. The summed E-state index contributed by atoms with van der Waals surface area (Å²) in [6, 6.07) is 0. The number of carbonyl (C=O) groups excluding carboxylic acids is 1. The van der Waals surface area contributed by atoms with Gasteiger partial charge in [-0.25, -0.2) is 0 Å². The van der Waals surface area contributed by atoms with Crippen molar-refractivity contribution in [2.24, 2.45) is 5.92 Å². The van der Waals surface area contributed by atoms with E-state index in [1.165, 1.54) is 32.1 Å². The van der Waals surface area contributed by atoms with Crippen LogP contribution in [0.2, 0.25) is 0 Å². The van der Waals surface area contributed by atoms with Gasteiger partial charge < -0.3 is 14.4 Å². The zero-order valence-corrected chi connectivity index (χ0v) is 13.7. The second kappa shape index (κ2) is 7.62. The lowest BCUT2D eigenvalue weighted by Crippen LogP contribution is -2.32. The molecular weight excluding hydrogens is 294 g/mol. The van der Waals surface area contributed by atoms with Crippen LogP contribution in [-0.2, 0) is 4.79 Å². The number of amides is 1. The van der Waals surface area contributed by atoms with Crippen molar-refractivity contribution in [2.45, 2.75) is 51.0 Å². The molecular formula is C17H25N3O3. The summed E-state index contributed by atoms with van der Waals surface area (Å²) in [7, 11) is 1.55. The highest BCUT2D eigenvalue weighted by Crippen LogP contribution is 2.27. The van der Waals surface area contributed by atoms with Crippen molar-refractivity contribution in [3.63, 3.8) is 0 Å². The summed E-state index contributed by atoms with van der Waals surface area (Å²) in [4.78, 5) is 22.6. The molecule has 2 heterocycles. The molecule has 0 bridgehead atoms. The maximum atomic E-state index is 12.4. The van der Waals surface area contributed by atoms with Gasteiger partial charge in [0.15, 0.2) is 0 Å². The Bertz CT molecular complexity index is 532. The molecule has 1 amide bonds. The number of carbonyl (C=O) groups is 1. The fourth-order valence-corrected chi connectivity index (χ4v) is 3.48. The SMILES string of the molecule is COc1cncc(OC2CCN(C(=O)CC3CCCCC3)C2)n1. The van der Waals surface area contributed by atoms with Gasteiger partial charge in [-0.1, -0.05) is 19.3 Å². The van der Waals surface area contributed by atoms with Crippen molar-refractivity contribution < 1.29 is 14.3 Å². The first-order chi connectivity index (χ1) is 11.2. The topological polar surface area (TPSA) is 64.6 Å². The lowest BCUT2D eigenvalue weighted by molar-refractivity contribution is -0.131. The third-order valence-electron chi connectivity index (χ3n) is 4.77. The second-order valence-electron chi connectivity index (χ2n) is 6.48. The Morgan fingerprint density at radius 3 is 2.78 bits per heavy atom. The summed E-state index contributed by atoms with van der Waals surface area (Å²) in [5, 5.41) is 0. The average Bonchev–Trinajstić information content (AvgIpc) is 3.04. The quantitative estimate of drug-likeness (QED) is 0.834. The molecule has 1 saturated carbocycles. The Balaban J connectivity index is 1.48. The van der Waals surface area contributed by atoms with Gasteiger partial charge in [-0.2, -0.15) is 4.98 Å². The number of hydrogen-bond acceptors (Lipinski definition) is 5. The highest BCUT2D eigenvalue weighted by atomic mass is 16.5. The molecule has 0 spiro atoms. The van der Waals surface area contributed by atoms with Crippen LogP contribution < -0.4 is 9.47 Å². The second-order valence-corrected chi connectivity index (χ2v) is 6.48. The van der Waals surface area contributed by atoms with Crippen molar-refractivity contribution in [2.75, 3.05) is 20.2 Å². The fourth-order valence-electron chi connectivity index (χ4n) is 3.48. The third kappa shape index (κ3) is 4.33. The number of methoxy groups -OCH3 is 1. The highest BCUT2D eigenvalue weighted by Gasteiger charge is 2.29. The fraction of sp³-hybridized carbons (Fsp3) is 0.706. The number of likely N-dealkylation sites (tertiary alicyclic amines) is 1. The summed E-state index contributed by atoms with van der Waals surface area (Å²) >= 11 is 0. The van der Waals surface area contributed by atoms with E-state index in [4.69, 9.17) is 9.47 Å². The first-order valence-electron chi connectivity index (χ1n) is 8.55. The summed E-state index contributed by atoms with van der Waals surface area (Å²) < 4.78 is 10.9. The zero-order valence-electron chi connectivity index (χ0n) is 13.7. The first kappa shape index (κ1) is 16.0. The molecule has 0 aromatic carbocycles. The van der Waals surface area contributed by atoms with Crippen LogP contribution >= 0.6 is 0 Å². The van der Waals surface area contributed by atoms with E-state index >= 15 is 0 Å². The molecule has 6 nitrogen and oxygen atoms in total. The molecule has 1 saturated heterocycles. The highest BCUT2D eigenvalue weighted by molar-refractivity contribution is 5.76. The number of aromatic nitrogens is 2. The van der Waals surface area contributed by atoms with E-state index in [-0.39, 0.29) is 12.0 Å². The maximum Gasteiger partial charge on any atom is 0.235 e. The van der Waals surface area contributed by atoms with E-state index in [1.54, 1.807) is 19.5 Å². The van der Waals surface area contributed by atoms with Gasteiger partial charge in [0, 0.05) is 19.4 Å². The zero-order chi connectivity index (χ0) is 16.1.